The Labute approximate surface area is 192 Å². The van der Waals surface area contributed by atoms with Gasteiger partial charge in [-0.25, -0.2) is 12.8 Å². The number of sulfonamides is 1. The third-order valence-electron chi connectivity index (χ3n) is 5.42. The number of carbonyl (C=O) groups is 1. The number of amides is 1. The predicted molar refractivity (Wildman–Crippen MR) is 127 cm³/mol. The zero-order valence-corrected chi connectivity index (χ0v) is 18.9. The molecule has 2 N–H and O–H groups in total. The van der Waals surface area contributed by atoms with Gasteiger partial charge in [0.1, 0.15) is 5.82 Å². The molecule has 4 rings (SSSR count). The van der Waals surface area contributed by atoms with Gasteiger partial charge in [0.05, 0.1) is 10.6 Å². The fourth-order valence-corrected chi connectivity index (χ4v) is 4.74. The Morgan fingerprint density at radius 2 is 1.76 bits per heavy atom. The van der Waals surface area contributed by atoms with Crippen molar-refractivity contribution in [2.45, 2.75) is 24.8 Å². The molecule has 0 aliphatic heterocycles. The second kappa shape index (κ2) is 9.46. The standard InChI is InChI=1S/C25H24FN3O3S/c1-18-11-12-20(33(31,32)28-23-9-4-3-8-22(23)26)17-21(18)25(30)27-14-6-15-29-16-13-19-7-2-5-10-24(19)29/h2-5,7-13,16-17,28H,6,14-15H2,1H3,(H,27,30). The lowest BCUT2D eigenvalue weighted by molar-refractivity contribution is 0.0952. The number of anilines is 1. The van der Waals surface area contributed by atoms with E-state index < -0.39 is 15.8 Å². The summed E-state index contributed by atoms with van der Waals surface area (Å²) in [7, 11) is -4.06. The number of hydrogen-bond donors (Lipinski definition) is 2. The van der Waals surface area contributed by atoms with E-state index in [-0.39, 0.29) is 22.1 Å². The van der Waals surface area contributed by atoms with Crippen LogP contribution < -0.4 is 10.0 Å². The van der Waals surface area contributed by atoms with Crippen LogP contribution in [0, 0.1) is 12.7 Å². The maximum absolute atomic E-state index is 13.9. The molecule has 0 bridgehead atoms. The Kier molecular flexibility index (Phi) is 6.46. The van der Waals surface area contributed by atoms with Crippen LogP contribution in [0.25, 0.3) is 10.9 Å². The molecule has 6 nitrogen and oxygen atoms in total. The molecule has 170 valence electrons. The number of nitrogens with one attached hydrogen (secondary N) is 2. The molecule has 0 saturated heterocycles. The van der Waals surface area contributed by atoms with Gasteiger partial charge < -0.3 is 9.88 Å². The van der Waals surface area contributed by atoms with Crippen LogP contribution in [-0.4, -0.2) is 25.4 Å². The number of benzene rings is 3. The molecule has 1 amide bonds. The molecule has 0 saturated carbocycles. The maximum Gasteiger partial charge on any atom is 0.262 e. The number of aromatic nitrogens is 1. The largest absolute Gasteiger partial charge is 0.352 e. The third kappa shape index (κ3) is 5.06. The van der Waals surface area contributed by atoms with Crippen molar-refractivity contribution in [3.8, 4) is 0 Å². The van der Waals surface area contributed by atoms with Gasteiger partial charge in [0.25, 0.3) is 15.9 Å². The Balaban J connectivity index is 1.41. The summed E-state index contributed by atoms with van der Waals surface area (Å²) in [5.74, 6) is -1.03. The topological polar surface area (TPSA) is 80.2 Å². The molecular formula is C25H24FN3O3S. The fourth-order valence-electron chi connectivity index (χ4n) is 3.64. The average Bonchev–Trinajstić information content (AvgIpc) is 3.21. The first-order valence-electron chi connectivity index (χ1n) is 10.6. The molecule has 0 spiro atoms. The maximum atomic E-state index is 13.9. The van der Waals surface area contributed by atoms with Gasteiger partial charge in [0.2, 0.25) is 0 Å². The van der Waals surface area contributed by atoms with Crippen molar-refractivity contribution >= 4 is 32.5 Å². The summed E-state index contributed by atoms with van der Waals surface area (Å²) in [5.41, 5.74) is 1.90. The lowest BCUT2D eigenvalue weighted by atomic mass is 10.1. The van der Waals surface area contributed by atoms with E-state index in [2.05, 4.69) is 32.8 Å². The molecule has 1 aromatic heterocycles. The first kappa shape index (κ1) is 22.5. The Bertz CT molecular complexity index is 1410. The van der Waals surface area contributed by atoms with Crippen molar-refractivity contribution < 1.29 is 17.6 Å². The number of aryl methyl sites for hydroxylation is 2. The second-order valence-electron chi connectivity index (χ2n) is 7.74. The van der Waals surface area contributed by atoms with Crippen molar-refractivity contribution in [2.75, 3.05) is 11.3 Å². The number of rotatable bonds is 8. The van der Waals surface area contributed by atoms with Crippen molar-refractivity contribution in [1.82, 2.24) is 9.88 Å². The molecule has 4 aromatic rings. The quantitative estimate of drug-likeness (QED) is 0.370. The number of hydrogen-bond acceptors (Lipinski definition) is 3. The van der Waals surface area contributed by atoms with Crippen LogP contribution in [0.3, 0.4) is 0 Å². The molecule has 33 heavy (non-hydrogen) atoms. The SMILES string of the molecule is Cc1ccc(S(=O)(=O)Nc2ccccc2F)cc1C(=O)NCCCn1ccc2ccccc21. The van der Waals surface area contributed by atoms with Crippen LogP contribution >= 0.6 is 0 Å². The smallest absolute Gasteiger partial charge is 0.262 e. The lowest BCUT2D eigenvalue weighted by Gasteiger charge is -2.12. The number of carbonyl (C=O) groups excluding carboxylic acids is 1. The molecule has 0 atom stereocenters. The van der Waals surface area contributed by atoms with Gasteiger partial charge in [-0.05, 0) is 60.7 Å². The Morgan fingerprint density at radius 1 is 1.00 bits per heavy atom. The minimum atomic E-state index is -4.06. The number of nitrogens with zero attached hydrogens (tertiary/aromatic N) is 1. The average molecular weight is 466 g/mol. The molecule has 3 aromatic carbocycles. The third-order valence-corrected chi connectivity index (χ3v) is 6.79. The molecular weight excluding hydrogens is 441 g/mol. The zero-order chi connectivity index (χ0) is 23.4. The molecule has 8 heteroatoms. The van der Waals surface area contributed by atoms with Crippen LogP contribution in [0.4, 0.5) is 10.1 Å². The number of fused-ring (bicyclic) bond motifs is 1. The number of para-hydroxylation sites is 2. The molecule has 0 aliphatic carbocycles. The molecule has 0 fully saturated rings. The summed E-state index contributed by atoms with van der Waals surface area (Å²) < 4.78 is 43.7. The summed E-state index contributed by atoms with van der Waals surface area (Å²) in [6, 6.07) is 19.9. The van der Waals surface area contributed by atoms with Gasteiger partial charge >= 0.3 is 0 Å². The van der Waals surface area contributed by atoms with Gasteiger partial charge in [-0.1, -0.05) is 36.4 Å². The summed E-state index contributed by atoms with van der Waals surface area (Å²) >= 11 is 0. The first-order chi connectivity index (χ1) is 15.8. The van der Waals surface area contributed by atoms with Crippen molar-refractivity contribution in [3.63, 3.8) is 0 Å². The predicted octanol–water partition coefficient (Wildman–Crippen LogP) is 4.71. The van der Waals surface area contributed by atoms with Crippen molar-refractivity contribution in [3.05, 3.63) is 95.9 Å². The van der Waals surface area contributed by atoms with E-state index in [0.717, 1.165) is 18.5 Å². The second-order valence-corrected chi connectivity index (χ2v) is 9.42. The Morgan fingerprint density at radius 3 is 2.58 bits per heavy atom. The van der Waals surface area contributed by atoms with Crippen molar-refractivity contribution in [1.29, 1.82) is 0 Å². The molecule has 1 heterocycles. The zero-order valence-electron chi connectivity index (χ0n) is 18.1. The fraction of sp³-hybridized carbons (Fsp3) is 0.160. The number of halogens is 1. The van der Waals surface area contributed by atoms with E-state index in [1.807, 2.05) is 18.3 Å². The van der Waals surface area contributed by atoms with Gasteiger partial charge in [-0.15, -0.1) is 0 Å². The van der Waals surface area contributed by atoms with E-state index in [1.54, 1.807) is 13.0 Å². The molecule has 0 aliphatic rings. The lowest BCUT2D eigenvalue weighted by Crippen LogP contribution is -2.26. The van der Waals surface area contributed by atoms with Gasteiger partial charge in [0.15, 0.2) is 0 Å². The van der Waals surface area contributed by atoms with Gasteiger partial charge in [-0.3, -0.25) is 9.52 Å². The highest BCUT2D eigenvalue weighted by atomic mass is 32.2. The van der Waals surface area contributed by atoms with Crippen LogP contribution in [-0.2, 0) is 16.6 Å². The minimum Gasteiger partial charge on any atom is -0.352 e. The van der Waals surface area contributed by atoms with E-state index in [0.29, 0.717) is 12.1 Å². The van der Waals surface area contributed by atoms with E-state index in [9.17, 15) is 17.6 Å². The highest BCUT2D eigenvalue weighted by molar-refractivity contribution is 7.92. The van der Waals surface area contributed by atoms with Crippen LogP contribution in [0.1, 0.15) is 22.3 Å². The van der Waals surface area contributed by atoms with Gasteiger partial charge in [0, 0.05) is 30.4 Å². The van der Waals surface area contributed by atoms with E-state index in [4.69, 9.17) is 0 Å². The van der Waals surface area contributed by atoms with Crippen LogP contribution in [0.5, 0.6) is 0 Å². The highest BCUT2D eigenvalue weighted by Crippen LogP contribution is 2.21. The highest BCUT2D eigenvalue weighted by Gasteiger charge is 2.19. The summed E-state index contributed by atoms with van der Waals surface area (Å²) in [6.45, 7) is 2.92. The first-order valence-corrected chi connectivity index (χ1v) is 12.0. The van der Waals surface area contributed by atoms with E-state index in [1.165, 1.54) is 41.8 Å². The summed E-state index contributed by atoms with van der Waals surface area (Å²) in [4.78, 5) is 12.6. The van der Waals surface area contributed by atoms with Crippen molar-refractivity contribution in [2.24, 2.45) is 0 Å². The minimum absolute atomic E-state index is 0.111. The van der Waals surface area contributed by atoms with Crippen LogP contribution in [0.2, 0.25) is 0 Å². The van der Waals surface area contributed by atoms with E-state index >= 15 is 0 Å². The molecule has 0 unspecified atom stereocenters. The summed E-state index contributed by atoms with van der Waals surface area (Å²) in [5, 5.41) is 4.03. The normalized spacial score (nSPS) is 11.5. The summed E-state index contributed by atoms with van der Waals surface area (Å²) in [6.07, 6.45) is 2.74. The monoisotopic (exact) mass is 465 g/mol. The molecule has 0 radical (unpaired) electrons. The van der Waals surface area contributed by atoms with Crippen LogP contribution in [0.15, 0.2) is 83.9 Å². The Hall–Kier alpha value is -3.65. The van der Waals surface area contributed by atoms with Gasteiger partial charge in [-0.2, -0.15) is 0 Å².